The highest BCUT2D eigenvalue weighted by Gasteiger charge is 2.65. The van der Waals surface area contributed by atoms with Crippen LogP contribution in [-0.4, -0.2) is 28.6 Å². The second-order valence-corrected chi connectivity index (χ2v) is 7.28. The van der Waals surface area contributed by atoms with Gasteiger partial charge in [0.15, 0.2) is 5.78 Å². The molecule has 1 aliphatic heterocycles. The molecule has 2 bridgehead atoms. The van der Waals surface area contributed by atoms with Gasteiger partial charge in [-0.05, 0) is 41.1 Å². The lowest BCUT2D eigenvalue weighted by atomic mass is 9.82. The number of ketones is 1. The fourth-order valence-electron chi connectivity index (χ4n) is 4.28. The Hall–Kier alpha value is -0.280. The SMILES string of the molecule is O=C1C(Br)=C(N2CCCC2)[C@]2(Cl)[C@H]1[C@@H]1C=C[C@H]2C1. The maximum absolute atomic E-state index is 12.5. The quantitative estimate of drug-likeness (QED) is 0.544. The molecular weight excluding hydrogens is 314 g/mol. The van der Waals surface area contributed by atoms with Crippen LogP contribution in [0.3, 0.4) is 0 Å². The Morgan fingerprint density at radius 3 is 2.78 bits per heavy atom. The minimum Gasteiger partial charge on any atom is -0.372 e. The van der Waals surface area contributed by atoms with Gasteiger partial charge in [-0.15, -0.1) is 11.6 Å². The molecule has 0 aromatic rings. The number of likely N-dealkylation sites (tertiary alicyclic amines) is 1. The fourth-order valence-corrected chi connectivity index (χ4v) is 5.86. The lowest BCUT2D eigenvalue weighted by Crippen LogP contribution is -2.42. The summed E-state index contributed by atoms with van der Waals surface area (Å²) >= 11 is 10.5. The Morgan fingerprint density at radius 2 is 2.06 bits per heavy atom. The van der Waals surface area contributed by atoms with Crippen molar-refractivity contribution in [2.75, 3.05) is 13.1 Å². The number of fused-ring (bicyclic) bond motifs is 5. The maximum atomic E-state index is 12.5. The molecule has 18 heavy (non-hydrogen) atoms. The first-order valence-electron chi connectivity index (χ1n) is 6.70. The number of rotatable bonds is 1. The Labute approximate surface area is 120 Å². The Kier molecular flexibility index (Phi) is 2.33. The topological polar surface area (TPSA) is 20.3 Å². The average molecular weight is 329 g/mol. The van der Waals surface area contributed by atoms with E-state index in [1.807, 2.05) is 0 Å². The summed E-state index contributed by atoms with van der Waals surface area (Å²) in [5.74, 6) is 0.888. The van der Waals surface area contributed by atoms with Crippen molar-refractivity contribution in [1.29, 1.82) is 0 Å². The molecular formula is C14H15BrClNO. The zero-order chi connectivity index (χ0) is 12.5. The van der Waals surface area contributed by atoms with Crippen LogP contribution in [0, 0.1) is 17.8 Å². The van der Waals surface area contributed by atoms with E-state index in [-0.39, 0.29) is 11.7 Å². The van der Waals surface area contributed by atoms with Crippen LogP contribution < -0.4 is 0 Å². The van der Waals surface area contributed by atoms with E-state index in [0.717, 1.165) is 29.7 Å². The summed E-state index contributed by atoms with van der Waals surface area (Å²) < 4.78 is 0.753. The van der Waals surface area contributed by atoms with Gasteiger partial charge in [0.2, 0.25) is 0 Å². The summed E-state index contributed by atoms with van der Waals surface area (Å²) in [5.41, 5.74) is 1.09. The molecule has 4 rings (SSSR count). The van der Waals surface area contributed by atoms with E-state index in [0.29, 0.717) is 11.8 Å². The number of allylic oxidation sites excluding steroid dienone is 4. The number of alkyl halides is 1. The molecule has 0 radical (unpaired) electrons. The summed E-state index contributed by atoms with van der Waals surface area (Å²) in [7, 11) is 0. The zero-order valence-corrected chi connectivity index (χ0v) is 12.4. The van der Waals surface area contributed by atoms with Crippen molar-refractivity contribution in [2.45, 2.75) is 24.1 Å². The molecule has 0 amide bonds. The third-order valence-corrected chi connectivity index (χ3v) is 6.49. The van der Waals surface area contributed by atoms with Crippen LogP contribution in [0.15, 0.2) is 22.3 Å². The molecule has 2 fully saturated rings. The van der Waals surface area contributed by atoms with E-state index in [4.69, 9.17) is 11.6 Å². The number of hydrogen-bond donors (Lipinski definition) is 0. The van der Waals surface area contributed by atoms with Crippen LogP contribution >= 0.6 is 27.5 Å². The second kappa shape index (κ2) is 3.63. The lowest BCUT2D eigenvalue weighted by Gasteiger charge is -2.36. The molecule has 4 atom stereocenters. The van der Waals surface area contributed by atoms with E-state index >= 15 is 0 Å². The van der Waals surface area contributed by atoms with Crippen molar-refractivity contribution in [3.05, 3.63) is 22.3 Å². The highest BCUT2D eigenvalue weighted by molar-refractivity contribution is 9.12. The second-order valence-electron chi connectivity index (χ2n) is 5.86. The number of Topliss-reactive ketones (excluding diaryl/α,β-unsaturated/α-hetero) is 1. The van der Waals surface area contributed by atoms with Gasteiger partial charge in [0, 0.05) is 19.0 Å². The number of hydrogen-bond acceptors (Lipinski definition) is 2. The summed E-state index contributed by atoms with van der Waals surface area (Å²) in [6.45, 7) is 2.08. The number of carbonyl (C=O) groups is 1. The standard InChI is InChI=1S/C14H15BrClNO/c15-11-12(18)10-8-3-4-9(7-8)14(10,16)13(11)17-5-1-2-6-17/h3-4,8-10H,1-2,5-7H2/t8-,9+,10+,14-/m1/s1. The van der Waals surface area contributed by atoms with Gasteiger partial charge >= 0.3 is 0 Å². The highest BCUT2D eigenvalue weighted by Crippen LogP contribution is 2.63. The Balaban J connectivity index is 1.84. The van der Waals surface area contributed by atoms with Gasteiger partial charge < -0.3 is 4.90 Å². The molecule has 0 spiro atoms. The molecule has 1 saturated heterocycles. The van der Waals surface area contributed by atoms with Crippen molar-refractivity contribution in [3.63, 3.8) is 0 Å². The number of carbonyl (C=O) groups excluding carboxylic acids is 1. The van der Waals surface area contributed by atoms with Crippen LogP contribution in [-0.2, 0) is 4.79 Å². The van der Waals surface area contributed by atoms with Gasteiger partial charge in [0.25, 0.3) is 0 Å². The highest BCUT2D eigenvalue weighted by atomic mass is 79.9. The molecule has 96 valence electrons. The van der Waals surface area contributed by atoms with Gasteiger partial charge in [0.05, 0.1) is 16.1 Å². The van der Waals surface area contributed by atoms with E-state index in [1.165, 1.54) is 12.8 Å². The smallest absolute Gasteiger partial charge is 0.177 e. The van der Waals surface area contributed by atoms with Gasteiger partial charge in [0.1, 0.15) is 4.87 Å². The zero-order valence-electron chi connectivity index (χ0n) is 10.0. The third kappa shape index (κ3) is 1.18. The van der Waals surface area contributed by atoms with Crippen molar-refractivity contribution >= 4 is 33.3 Å². The third-order valence-electron chi connectivity index (χ3n) is 5.03. The van der Waals surface area contributed by atoms with E-state index in [1.54, 1.807) is 0 Å². The summed E-state index contributed by atoms with van der Waals surface area (Å²) in [5, 5.41) is 0. The van der Waals surface area contributed by atoms with Crippen LogP contribution in [0.4, 0.5) is 0 Å². The summed E-state index contributed by atoms with van der Waals surface area (Å²) in [6.07, 6.45) is 7.89. The number of halogens is 2. The van der Waals surface area contributed by atoms with Gasteiger partial charge in [-0.3, -0.25) is 4.79 Å². The largest absolute Gasteiger partial charge is 0.372 e. The molecule has 4 heteroatoms. The monoisotopic (exact) mass is 327 g/mol. The van der Waals surface area contributed by atoms with Crippen molar-refractivity contribution in [3.8, 4) is 0 Å². The normalized spacial score (nSPS) is 45.6. The van der Waals surface area contributed by atoms with E-state index in [9.17, 15) is 4.79 Å². The van der Waals surface area contributed by atoms with Crippen molar-refractivity contribution < 1.29 is 4.79 Å². The fraction of sp³-hybridized carbons (Fsp3) is 0.643. The minimum atomic E-state index is -0.459. The average Bonchev–Trinajstić information content (AvgIpc) is 3.04. The first-order chi connectivity index (χ1) is 8.64. The molecule has 0 aromatic heterocycles. The molecule has 3 aliphatic carbocycles. The van der Waals surface area contributed by atoms with E-state index < -0.39 is 4.87 Å². The van der Waals surface area contributed by atoms with Crippen LogP contribution in [0.5, 0.6) is 0 Å². The van der Waals surface area contributed by atoms with Gasteiger partial charge in [-0.2, -0.15) is 0 Å². The first-order valence-corrected chi connectivity index (χ1v) is 7.87. The van der Waals surface area contributed by atoms with Crippen molar-refractivity contribution in [2.24, 2.45) is 17.8 Å². The molecule has 2 nitrogen and oxygen atoms in total. The summed E-state index contributed by atoms with van der Waals surface area (Å²) in [4.78, 5) is 14.4. The lowest BCUT2D eigenvalue weighted by molar-refractivity contribution is -0.118. The molecule has 0 unspecified atom stereocenters. The minimum absolute atomic E-state index is 0.0286. The first kappa shape index (κ1) is 11.5. The van der Waals surface area contributed by atoms with Crippen LogP contribution in [0.2, 0.25) is 0 Å². The predicted octanol–water partition coefficient (Wildman–Crippen LogP) is 3.07. The number of nitrogens with zero attached hydrogens (tertiary/aromatic N) is 1. The van der Waals surface area contributed by atoms with Crippen LogP contribution in [0.1, 0.15) is 19.3 Å². The maximum Gasteiger partial charge on any atom is 0.177 e. The molecule has 4 aliphatic rings. The molecule has 1 heterocycles. The predicted molar refractivity (Wildman–Crippen MR) is 74.6 cm³/mol. The Bertz CT molecular complexity index is 494. The van der Waals surface area contributed by atoms with Gasteiger partial charge in [-0.25, -0.2) is 0 Å². The molecule has 1 saturated carbocycles. The summed E-state index contributed by atoms with van der Waals surface area (Å²) in [6, 6.07) is 0. The van der Waals surface area contributed by atoms with Crippen molar-refractivity contribution in [1.82, 2.24) is 4.90 Å². The Morgan fingerprint density at radius 1 is 1.33 bits per heavy atom. The van der Waals surface area contributed by atoms with E-state index in [2.05, 4.69) is 33.0 Å². The van der Waals surface area contributed by atoms with Crippen LogP contribution in [0.25, 0.3) is 0 Å². The molecule has 0 aromatic carbocycles. The van der Waals surface area contributed by atoms with Gasteiger partial charge in [-0.1, -0.05) is 12.2 Å². The molecule has 0 N–H and O–H groups in total.